The number of hydrogen-bond donors (Lipinski definition) is 0. The van der Waals surface area contributed by atoms with Gasteiger partial charge in [-0.15, -0.1) is 0 Å². The van der Waals surface area contributed by atoms with Crippen LogP contribution in [-0.4, -0.2) is 58.7 Å². The quantitative estimate of drug-likeness (QED) is 0.707. The predicted octanol–water partition coefficient (Wildman–Crippen LogP) is 3.52. The molecule has 0 aliphatic carbocycles. The van der Waals surface area contributed by atoms with E-state index in [0.29, 0.717) is 17.2 Å². The van der Waals surface area contributed by atoms with Crippen LogP contribution in [0.3, 0.4) is 0 Å². The Kier molecular flexibility index (Phi) is 6.29. The van der Waals surface area contributed by atoms with E-state index in [1.54, 1.807) is 27.5 Å². The molecule has 27 heavy (non-hydrogen) atoms. The van der Waals surface area contributed by atoms with Crippen molar-refractivity contribution < 1.29 is 14.2 Å². The molecule has 1 saturated heterocycles. The van der Waals surface area contributed by atoms with E-state index in [1.807, 2.05) is 24.3 Å². The number of halogens is 1. The summed E-state index contributed by atoms with van der Waals surface area (Å²) < 4.78 is 16.2. The molecule has 144 valence electrons. The number of benzene rings is 2. The van der Waals surface area contributed by atoms with Crippen molar-refractivity contribution in [2.75, 3.05) is 52.4 Å². The lowest BCUT2D eigenvalue weighted by Gasteiger charge is -2.34. The number of hydrazone groups is 1. The topological polar surface area (TPSA) is 46.5 Å². The molecule has 2 aromatic carbocycles. The number of hydrogen-bond acceptors (Lipinski definition) is 6. The molecule has 0 aromatic heterocycles. The lowest BCUT2D eigenvalue weighted by atomic mass is 10.2. The first-order valence-electron chi connectivity index (χ1n) is 8.74. The smallest absolute Gasteiger partial charge is 0.203 e. The maximum absolute atomic E-state index is 5.97. The van der Waals surface area contributed by atoms with Crippen LogP contribution < -0.4 is 19.1 Å². The van der Waals surface area contributed by atoms with Crippen molar-refractivity contribution in [3.05, 3.63) is 47.0 Å². The average Bonchev–Trinajstić information content (AvgIpc) is 2.72. The first-order valence-corrected chi connectivity index (χ1v) is 9.12. The van der Waals surface area contributed by atoms with Gasteiger partial charge in [0.2, 0.25) is 5.75 Å². The summed E-state index contributed by atoms with van der Waals surface area (Å²) in [5.74, 6) is 1.81. The molecule has 1 heterocycles. The molecule has 7 heteroatoms. The Morgan fingerprint density at radius 2 is 1.52 bits per heavy atom. The minimum absolute atomic E-state index is 0.566. The van der Waals surface area contributed by atoms with Crippen molar-refractivity contribution in [3.8, 4) is 17.2 Å². The van der Waals surface area contributed by atoms with Crippen molar-refractivity contribution in [3.63, 3.8) is 0 Å². The van der Waals surface area contributed by atoms with E-state index in [9.17, 15) is 0 Å². The van der Waals surface area contributed by atoms with Crippen LogP contribution in [0.5, 0.6) is 17.2 Å². The van der Waals surface area contributed by atoms with E-state index in [1.165, 1.54) is 5.69 Å². The Morgan fingerprint density at radius 1 is 0.852 bits per heavy atom. The zero-order chi connectivity index (χ0) is 19.2. The van der Waals surface area contributed by atoms with Crippen molar-refractivity contribution in [1.29, 1.82) is 0 Å². The van der Waals surface area contributed by atoms with Crippen LogP contribution in [0.1, 0.15) is 5.56 Å². The van der Waals surface area contributed by atoms with Gasteiger partial charge < -0.3 is 19.1 Å². The molecule has 1 fully saturated rings. The molecule has 0 atom stereocenters. The number of nitrogens with zero attached hydrogens (tertiary/aromatic N) is 3. The number of piperazine rings is 1. The highest BCUT2D eigenvalue weighted by Crippen LogP contribution is 2.39. The summed E-state index contributed by atoms with van der Waals surface area (Å²) in [5.41, 5.74) is 2.03. The van der Waals surface area contributed by atoms with E-state index < -0.39 is 0 Å². The first kappa shape index (κ1) is 19.2. The predicted molar refractivity (Wildman–Crippen MR) is 109 cm³/mol. The second kappa shape index (κ2) is 8.86. The van der Waals surface area contributed by atoms with Gasteiger partial charge in [-0.2, -0.15) is 5.10 Å². The van der Waals surface area contributed by atoms with Crippen LogP contribution in [0.15, 0.2) is 41.5 Å². The van der Waals surface area contributed by atoms with Crippen LogP contribution >= 0.6 is 11.6 Å². The molecular formula is C20H24ClN3O3. The van der Waals surface area contributed by atoms with Gasteiger partial charge in [0.25, 0.3) is 0 Å². The van der Waals surface area contributed by atoms with Gasteiger partial charge in [0.15, 0.2) is 11.5 Å². The maximum atomic E-state index is 5.97. The maximum Gasteiger partial charge on any atom is 0.203 e. The van der Waals surface area contributed by atoms with Gasteiger partial charge in [0.05, 0.1) is 40.6 Å². The second-order valence-corrected chi connectivity index (χ2v) is 6.52. The van der Waals surface area contributed by atoms with Crippen LogP contribution in [0, 0.1) is 0 Å². The van der Waals surface area contributed by atoms with Gasteiger partial charge in [-0.1, -0.05) is 11.6 Å². The van der Waals surface area contributed by atoms with Crippen molar-refractivity contribution >= 4 is 23.5 Å². The van der Waals surface area contributed by atoms with Crippen LogP contribution in [-0.2, 0) is 0 Å². The zero-order valence-electron chi connectivity index (χ0n) is 15.8. The van der Waals surface area contributed by atoms with E-state index >= 15 is 0 Å². The number of methoxy groups -OCH3 is 3. The van der Waals surface area contributed by atoms with E-state index in [-0.39, 0.29) is 0 Å². The minimum Gasteiger partial charge on any atom is -0.493 e. The molecule has 0 saturated carbocycles. The monoisotopic (exact) mass is 389 g/mol. The SMILES string of the molecule is COc1ccc(/C=N/N2CCN(c3ccc(Cl)cc3)CC2)c(OC)c1OC. The fourth-order valence-electron chi connectivity index (χ4n) is 3.09. The van der Waals surface area contributed by atoms with Gasteiger partial charge in [-0.25, -0.2) is 0 Å². The van der Waals surface area contributed by atoms with Crippen LogP contribution in [0.2, 0.25) is 5.02 Å². The molecule has 0 bridgehead atoms. The molecule has 1 aliphatic heterocycles. The molecule has 0 amide bonds. The summed E-state index contributed by atoms with van der Waals surface area (Å²) in [6.45, 7) is 3.49. The molecule has 0 spiro atoms. The third-order valence-electron chi connectivity index (χ3n) is 4.54. The second-order valence-electron chi connectivity index (χ2n) is 6.09. The zero-order valence-corrected chi connectivity index (χ0v) is 16.6. The molecule has 2 aromatic rings. The third kappa shape index (κ3) is 4.39. The number of anilines is 1. The van der Waals surface area contributed by atoms with Gasteiger partial charge in [-0.3, -0.25) is 5.01 Å². The Morgan fingerprint density at radius 3 is 2.11 bits per heavy atom. The molecule has 0 unspecified atom stereocenters. The minimum atomic E-state index is 0.566. The Balaban J connectivity index is 1.66. The molecule has 0 radical (unpaired) electrons. The third-order valence-corrected chi connectivity index (χ3v) is 4.79. The van der Waals surface area contributed by atoms with Crippen molar-refractivity contribution in [2.45, 2.75) is 0 Å². The molecule has 6 nitrogen and oxygen atoms in total. The molecule has 3 rings (SSSR count). The van der Waals surface area contributed by atoms with Crippen LogP contribution in [0.25, 0.3) is 0 Å². The lowest BCUT2D eigenvalue weighted by Crippen LogP contribution is -2.44. The first-order chi connectivity index (χ1) is 13.2. The molecule has 0 N–H and O–H groups in total. The highest BCUT2D eigenvalue weighted by molar-refractivity contribution is 6.30. The Bertz CT molecular complexity index is 788. The summed E-state index contributed by atoms with van der Waals surface area (Å²) in [6.07, 6.45) is 1.80. The summed E-state index contributed by atoms with van der Waals surface area (Å²) in [6, 6.07) is 11.7. The highest BCUT2D eigenvalue weighted by Gasteiger charge is 2.17. The van der Waals surface area contributed by atoms with Gasteiger partial charge >= 0.3 is 0 Å². The summed E-state index contributed by atoms with van der Waals surface area (Å²) in [5, 5.41) is 7.43. The largest absolute Gasteiger partial charge is 0.493 e. The van der Waals surface area contributed by atoms with Crippen molar-refractivity contribution in [2.24, 2.45) is 5.10 Å². The standard InChI is InChI=1S/C20H24ClN3O3/c1-25-18-9-4-15(19(26-2)20(18)27-3)14-22-24-12-10-23(11-13-24)17-7-5-16(21)6-8-17/h4-9,14H,10-13H2,1-3H3/b22-14+. The normalized spacial score (nSPS) is 14.5. The fraction of sp³-hybridized carbons (Fsp3) is 0.350. The highest BCUT2D eigenvalue weighted by atomic mass is 35.5. The van der Waals surface area contributed by atoms with Crippen molar-refractivity contribution in [1.82, 2.24) is 5.01 Å². The number of ether oxygens (including phenoxy) is 3. The fourth-order valence-corrected chi connectivity index (χ4v) is 3.22. The summed E-state index contributed by atoms with van der Waals surface area (Å²) in [7, 11) is 4.81. The van der Waals surface area contributed by atoms with E-state index in [2.05, 4.69) is 27.1 Å². The summed E-state index contributed by atoms with van der Waals surface area (Å²) in [4.78, 5) is 2.33. The van der Waals surface area contributed by atoms with E-state index in [4.69, 9.17) is 25.8 Å². The molecule has 1 aliphatic rings. The van der Waals surface area contributed by atoms with Gasteiger partial charge in [-0.05, 0) is 36.4 Å². The van der Waals surface area contributed by atoms with Gasteiger partial charge in [0, 0.05) is 29.4 Å². The average molecular weight is 390 g/mol. The summed E-state index contributed by atoms with van der Waals surface area (Å²) >= 11 is 5.97. The lowest BCUT2D eigenvalue weighted by molar-refractivity contribution is 0.272. The molecular weight excluding hydrogens is 366 g/mol. The Hall–Kier alpha value is -2.60. The van der Waals surface area contributed by atoms with Crippen LogP contribution in [0.4, 0.5) is 5.69 Å². The van der Waals surface area contributed by atoms with Gasteiger partial charge in [0.1, 0.15) is 0 Å². The van der Waals surface area contributed by atoms with E-state index in [0.717, 1.165) is 36.8 Å². The number of rotatable bonds is 6. The Labute approximate surface area is 164 Å².